The third-order valence-corrected chi connectivity index (χ3v) is 7.63. The molecular formula is C14H13AsO3. The number of hydrogen-bond donors (Lipinski definition) is 0. The van der Waals surface area contributed by atoms with Gasteiger partial charge in [0.25, 0.3) is 0 Å². The second kappa shape index (κ2) is 5.28. The summed E-state index contributed by atoms with van der Waals surface area (Å²) < 4.78 is 19.4. The summed E-state index contributed by atoms with van der Waals surface area (Å²) in [5.41, 5.74) is 0. The molecule has 0 spiro atoms. The Morgan fingerprint density at radius 3 is 1.61 bits per heavy atom. The van der Waals surface area contributed by atoms with Gasteiger partial charge < -0.3 is 0 Å². The van der Waals surface area contributed by atoms with E-state index in [0.29, 0.717) is 8.70 Å². The van der Waals surface area contributed by atoms with Gasteiger partial charge in [-0.3, -0.25) is 0 Å². The average molecular weight is 304 g/mol. The Balaban J connectivity index is 2.55. The summed E-state index contributed by atoms with van der Waals surface area (Å²) in [7, 11) is 0. The Hall–Kier alpha value is -1.73. The van der Waals surface area contributed by atoms with Crippen LogP contribution >= 0.6 is 0 Å². The van der Waals surface area contributed by atoms with E-state index in [4.69, 9.17) is 3.73 Å². The molecule has 0 saturated heterocycles. The fraction of sp³-hybridized carbons (Fsp3) is 0.0714. The van der Waals surface area contributed by atoms with Gasteiger partial charge in [-0.15, -0.1) is 0 Å². The Morgan fingerprint density at radius 1 is 0.889 bits per heavy atom. The van der Waals surface area contributed by atoms with Gasteiger partial charge in [0.15, 0.2) is 0 Å². The fourth-order valence-corrected chi connectivity index (χ4v) is 5.88. The van der Waals surface area contributed by atoms with Crippen LogP contribution in [0.15, 0.2) is 60.7 Å². The Bertz CT molecular complexity index is 535. The maximum absolute atomic E-state index is 13.0. The van der Waals surface area contributed by atoms with Crippen molar-refractivity contribution in [3.63, 3.8) is 0 Å². The SMILES string of the molecule is CC(=O)O[As](=O)(c1ccccc1)c1ccccc1. The Morgan fingerprint density at radius 2 is 1.28 bits per heavy atom. The second-order valence-corrected chi connectivity index (χ2v) is 8.67. The van der Waals surface area contributed by atoms with Gasteiger partial charge in [0.1, 0.15) is 0 Å². The van der Waals surface area contributed by atoms with E-state index in [1.807, 2.05) is 12.1 Å². The second-order valence-electron chi connectivity index (χ2n) is 3.81. The normalized spacial score (nSPS) is 10.9. The topological polar surface area (TPSA) is 43.4 Å². The van der Waals surface area contributed by atoms with Gasteiger partial charge in [-0.2, -0.15) is 0 Å². The molecule has 0 atom stereocenters. The van der Waals surface area contributed by atoms with Gasteiger partial charge in [0.05, 0.1) is 0 Å². The molecule has 2 aromatic rings. The average Bonchev–Trinajstić information content (AvgIpc) is 2.40. The standard InChI is InChI=1S/C14H13AsO3/c1-12(16)18-15(17,13-8-4-2-5-9-13)14-10-6-3-7-11-14/h2-11H,1H3. The molecule has 0 aliphatic carbocycles. The molecule has 0 radical (unpaired) electrons. The van der Waals surface area contributed by atoms with E-state index in [1.54, 1.807) is 48.5 Å². The predicted molar refractivity (Wildman–Crippen MR) is 70.4 cm³/mol. The van der Waals surface area contributed by atoms with Crippen LogP contribution in [0, 0.1) is 0 Å². The molecular weight excluding hydrogens is 291 g/mol. The van der Waals surface area contributed by atoms with E-state index in [2.05, 4.69) is 0 Å². The summed E-state index contributed by atoms with van der Waals surface area (Å²) >= 11 is -4.06. The maximum atomic E-state index is 13.0. The summed E-state index contributed by atoms with van der Waals surface area (Å²) in [5.74, 6) is -0.523. The number of rotatable bonds is 3. The molecule has 0 heterocycles. The first kappa shape index (κ1) is 12.7. The molecule has 0 aromatic heterocycles. The van der Waals surface area contributed by atoms with Gasteiger partial charge in [0.2, 0.25) is 0 Å². The third-order valence-electron chi connectivity index (χ3n) is 2.45. The van der Waals surface area contributed by atoms with Crippen molar-refractivity contribution in [3.05, 3.63) is 60.7 Å². The zero-order chi connectivity index (χ0) is 13.0. The molecule has 2 rings (SSSR count). The van der Waals surface area contributed by atoms with Crippen LogP contribution < -0.4 is 8.70 Å². The van der Waals surface area contributed by atoms with E-state index >= 15 is 0 Å². The molecule has 0 amide bonds. The van der Waals surface area contributed by atoms with Crippen molar-refractivity contribution in [2.24, 2.45) is 0 Å². The quantitative estimate of drug-likeness (QED) is 0.801. The molecule has 0 unspecified atom stereocenters. The van der Waals surface area contributed by atoms with Crippen molar-refractivity contribution >= 4 is 28.5 Å². The minimum absolute atomic E-state index is 0.523. The van der Waals surface area contributed by atoms with Gasteiger partial charge in [-0.05, 0) is 0 Å². The third kappa shape index (κ3) is 2.57. The minimum atomic E-state index is -4.06. The van der Waals surface area contributed by atoms with Crippen molar-refractivity contribution < 1.29 is 12.3 Å². The summed E-state index contributed by atoms with van der Waals surface area (Å²) in [6.07, 6.45) is 0. The van der Waals surface area contributed by atoms with E-state index < -0.39 is 19.8 Å². The van der Waals surface area contributed by atoms with E-state index in [-0.39, 0.29) is 0 Å². The molecule has 0 aliphatic rings. The molecule has 0 aliphatic heterocycles. The van der Waals surface area contributed by atoms with Crippen molar-refractivity contribution in [2.75, 3.05) is 0 Å². The zero-order valence-corrected chi connectivity index (χ0v) is 11.8. The number of benzene rings is 2. The van der Waals surface area contributed by atoms with Crippen LogP contribution in [0.1, 0.15) is 6.92 Å². The van der Waals surface area contributed by atoms with Crippen LogP contribution in [-0.2, 0) is 12.3 Å². The molecule has 92 valence electrons. The molecule has 18 heavy (non-hydrogen) atoms. The summed E-state index contributed by atoms with van der Waals surface area (Å²) in [6, 6.07) is 17.7. The molecule has 4 heteroatoms. The number of carbonyl (C=O) groups is 1. The van der Waals surface area contributed by atoms with Crippen LogP contribution in [0.25, 0.3) is 0 Å². The predicted octanol–water partition coefficient (Wildman–Crippen LogP) is 1.24. The van der Waals surface area contributed by atoms with Crippen LogP contribution in [0.5, 0.6) is 0 Å². The Labute approximate surface area is 108 Å². The zero-order valence-electron chi connectivity index (χ0n) is 9.95. The van der Waals surface area contributed by atoms with E-state index in [9.17, 15) is 8.53 Å². The van der Waals surface area contributed by atoms with Crippen molar-refractivity contribution in [2.45, 2.75) is 6.92 Å². The van der Waals surface area contributed by atoms with E-state index in [1.165, 1.54) is 6.92 Å². The Kier molecular flexibility index (Phi) is 3.73. The van der Waals surface area contributed by atoms with Crippen LogP contribution in [-0.4, -0.2) is 19.8 Å². The van der Waals surface area contributed by atoms with Gasteiger partial charge >= 0.3 is 108 Å². The van der Waals surface area contributed by atoms with Gasteiger partial charge in [0, 0.05) is 0 Å². The van der Waals surface area contributed by atoms with Crippen molar-refractivity contribution in [1.29, 1.82) is 0 Å². The first-order chi connectivity index (χ1) is 8.63. The molecule has 3 nitrogen and oxygen atoms in total. The molecule has 0 bridgehead atoms. The first-order valence-electron chi connectivity index (χ1n) is 5.54. The van der Waals surface area contributed by atoms with E-state index in [0.717, 1.165) is 0 Å². The molecule has 0 fully saturated rings. The molecule has 2 aromatic carbocycles. The van der Waals surface area contributed by atoms with Crippen LogP contribution in [0.2, 0.25) is 0 Å². The summed E-state index contributed by atoms with van der Waals surface area (Å²) in [6.45, 7) is 1.28. The summed E-state index contributed by atoms with van der Waals surface area (Å²) in [4.78, 5) is 11.2. The molecule has 0 N–H and O–H groups in total. The molecule has 0 saturated carbocycles. The summed E-state index contributed by atoms with van der Waals surface area (Å²) in [5, 5.41) is 0. The van der Waals surface area contributed by atoms with Gasteiger partial charge in [-0.25, -0.2) is 0 Å². The van der Waals surface area contributed by atoms with Gasteiger partial charge in [-0.1, -0.05) is 0 Å². The van der Waals surface area contributed by atoms with Crippen molar-refractivity contribution in [3.8, 4) is 0 Å². The number of hydrogen-bond acceptors (Lipinski definition) is 3. The van der Waals surface area contributed by atoms with Crippen molar-refractivity contribution in [1.82, 2.24) is 0 Å². The number of carbonyl (C=O) groups excluding carboxylic acids is 1. The fourth-order valence-electron chi connectivity index (χ4n) is 1.68. The van der Waals surface area contributed by atoms with Crippen LogP contribution in [0.4, 0.5) is 0 Å². The monoisotopic (exact) mass is 304 g/mol. The first-order valence-corrected chi connectivity index (χ1v) is 8.95. The van der Waals surface area contributed by atoms with Crippen LogP contribution in [0.3, 0.4) is 0 Å².